The van der Waals surface area contributed by atoms with E-state index in [0.717, 1.165) is 5.56 Å². The Morgan fingerprint density at radius 3 is 2.33 bits per heavy atom. The van der Waals surface area contributed by atoms with E-state index in [0.29, 0.717) is 17.8 Å². The Labute approximate surface area is 124 Å². The summed E-state index contributed by atoms with van der Waals surface area (Å²) in [5.74, 6) is 1.43. The van der Waals surface area contributed by atoms with Crippen LogP contribution in [0, 0.1) is 0 Å². The summed E-state index contributed by atoms with van der Waals surface area (Å²) in [5, 5.41) is 15.6. The number of hydrogen-bond acceptors (Lipinski definition) is 7. The van der Waals surface area contributed by atoms with Crippen LogP contribution in [0.3, 0.4) is 0 Å². The maximum atomic E-state index is 9.59. The Morgan fingerprint density at radius 2 is 1.76 bits per heavy atom. The van der Waals surface area contributed by atoms with Crippen LogP contribution in [0.5, 0.6) is 0 Å². The molecule has 2 rings (SSSR count). The molecule has 0 aliphatic heterocycles. The highest BCUT2D eigenvalue weighted by Crippen LogP contribution is 2.18. The molecule has 7 heteroatoms. The van der Waals surface area contributed by atoms with Crippen LogP contribution in [0.1, 0.15) is 11.6 Å². The van der Waals surface area contributed by atoms with Crippen molar-refractivity contribution in [3.05, 3.63) is 35.9 Å². The minimum atomic E-state index is -0.270. The fraction of sp³-hybridized carbons (Fsp3) is 0.357. The van der Waals surface area contributed by atoms with Gasteiger partial charge >= 0.3 is 0 Å². The first-order chi connectivity index (χ1) is 10.1. The fourth-order valence-corrected chi connectivity index (χ4v) is 1.82. The van der Waals surface area contributed by atoms with Crippen molar-refractivity contribution in [3.8, 4) is 0 Å². The predicted octanol–water partition coefficient (Wildman–Crippen LogP) is 1.12. The summed E-state index contributed by atoms with van der Waals surface area (Å²) in [7, 11) is 5.47. The molecule has 21 heavy (non-hydrogen) atoms. The Kier molecular flexibility index (Phi) is 4.89. The first kappa shape index (κ1) is 15.0. The molecule has 0 radical (unpaired) electrons. The van der Waals surface area contributed by atoms with Gasteiger partial charge in [-0.25, -0.2) is 0 Å². The molecule has 112 valence electrons. The van der Waals surface area contributed by atoms with Crippen molar-refractivity contribution in [2.75, 3.05) is 43.3 Å². The lowest BCUT2D eigenvalue weighted by molar-refractivity contribution is 0.276. The van der Waals surface area contributed by atoms with Gasteiger partial charge in [0, 0.05) is 21.1 Å². The van der Waals surface area contributed by atoms with E-state index in [1.165, 1.54) is 0 Å². The van der Waals surface area contributed by atoms with Crippen molar-refractivity contribution in [1.82, 2.24) is 15.0 Å². The van der Waals surface area contributed by atoms with E-state index in [1.54, 1.807) is 11.9 Å². The van der Waals surface area contributed by atoms with Gasteiger partial charge in [0.15, 0.2) is 0 Å². The van der Waals surface area contributed by atoms with Gasteiger partial charge in [-0.3, -0.25) is 0 Å². The lowest BCUT2D eigenvalue weighted by Crippen LogP contribution is -2.20. The van der Waals surface area contributed by atoms with Gasteiger partial charge < -0.3 is 20.6 Å². The van der Waals surface area contributed by atoms with Crippen LogP contribution in [0.15, 0.2) is 30.3 Å². The molecule has 1 unspecified atom stereocenters. The summed E-state index contributed by atoms with van der Waals surface area (Å²) in [6, 6.07) is 9.41. The number of aliphatic hydroxyl groups is 1. The summed E-state index contributed by atoms with van der Waals surface area (Å²) >= 11 is 0. The van der Waals surface area contributed by atoms with Crippen molar-refractivity contribution < 1.29 is 5.11 Å². The van der Waals surface area contributed by atoms with Gasteiger partial charge in [-0.05, 0) is 5.56 Å². The number of benzene rings is 1. The first-order valence-electron chi connectivity index (χ1n) is 6.67. The Balaban J connectivity index is 2.27. The molecule has 1 aromatic heterocycles. The van der Waals surface area contributed by atoms with Crippen molar-refractivity contribution in [2.45, 2.75) is 6.04 Å². The minimum absolute atomic E-state index is 0.0537. The fourth-order valence-electron chi connectivity index (χ4n) is 1.82. The smallest absolute Gasteiger partial charge is 0.231 e. The van der Waals surface area contributed by atoms with Gasteiger partial charge in [0.05, 0.1) is 12.6 Å². The Hall–Kier alpha value is -2.41. The molecule has 0 aliphatic carbocycles. The summed E-state index contributed by atoms with van der Waals surface area (Å²) in [4.78, 5) is 14.6. The number of hydrogen-bond donors (Lipinski definition) is 3. The van der Waals surface area contributed by atoms with Crippen LogP contribution < -0.4 is 15.5 Å². The largest absolute Gasteiger partial charge is 0.394 e. The molecule has 0 saturated carbocycles. The topological polar surface area (TPSA) is 86.2 Å². The Bertz CT molecular complexity index is 575. The highest BCUT2D eigenvalue weighted by Gasteiger charge is 2.13. The van der Waals surface area contributed by atoms with E-state index in [-0.39, 0.29) is 12.6 Å². The standard InChI is InChI=1S/C14H20N6O/c1-15-12-17-13(19-14(18-12)20(2)3)16-11(9-21)10-7-5-4-6-8-10/h4-8,11,21H,9H2,1-3H3,(H2,15,16,17,18,19). The molecule has 1 heterocycles. The number of nitrogens with zero attached hydrogens (tertiary/aromatic N) is 4. The summed E-state index contributed by atoms with van der Waals surface area (Å²) < 4.78 is 0. The maximum absolute atomic E-state index is 9.59. The molecule has 0 bridgehead atoms. The molecule has 1 atom stereocenters. The lowest BCUT2D eigenvalue weighted by atomic mass is 10.1. The second kappa shape index (κ2) is 6.85. The number of aliphatic hydroxyl groups excluding tert-OH is 1. The summed E-state index contributed by atoms with van der Waals surface area (Å²) in [6.07, 6.45) is 0. The molecule has 3 N–H and O–H groups in total. The molecule has 1 aromatic carbocycles. The zero-order valence-electron chi connectivity index (χ0n) is 12.4. The molecule has 0 spiro atoms. The number of anilines is 3. The van der Waals surface area contributed by atoms with Crippen molar-refractivity contribution >= 4 is 17.8 Å². The SMILES string of the molecule is CNc1nc(NC(CO)c2ccccc2)nc(N(C)C)n1. The number of rotatable bonds is 6. The molecule has 0 aliphatic rings. The van der Waals surface area contributed by atoms with Gasteiger partial charge in [-0.1, -0.05) is 30.3 Å². The lowest BCUT2D eigenvalue weighted by Gasteiger charge is -2.18. The molecule has 7 nitrogen and oxygen atoms in total. The quantitative estimate of drug-likeness (QED) is 0.734. The molecular formula is C14H20N6O. The minimum Gasteiger partial charge on any atom is -0.394 e. The molecule has 0 saturated heterocycles. The molecule has 0 fully saturated rings. The maximum Gasteiger partial charge on any atom is 0.231 e. The average Bonchev–Trinajstić information content (AvgIpc) is 2.53. The third kappa shape index (κ3) is 3.79. The predicted molar refractivity (Wildman–Crippen MR) is 83.6 cm³/mol. The third-order valence-electron chi connectivity index (χ3n) is 2.94. The normalized spacial score (nSPS) is 11.8. The van der Waals surface area contributed by atoms with Gasteiger partial charge in [0.25, 0.3) is 0 Å². The van der Waals surface area contributed by atoms with Crippen LogP contribution in [0.2, 0.25) is 0 Å². The highest BCUT2D eigenvalue weighted by atomic mass is 16.3. The van der Waals surface area contributed by atoms with Crippen molar-refractivity contribution in [3.63, 3.8) is 0 Å². The van der Waals surface area contributed by atoms with Gasteiger partial charge in [0.1, 0.15) is 0 Å². The molecule has 0 amide bonds. The van der Waals surface area contributed by atoms with Crippen molar-refractivity contribution in [2.24, 2.45) is 0 Å². The van der Waals surface area contributed by atoms with E-state index >= 15 is 0 Å². The zero-order chi connectivity index (χ0) is 15.2. The Morgan fingerprint density at radius 1 is 1.10 bits per heavy atom. The van der Waals surface area contributed by atoms with Crippen molar-refractivity contribution in [1.29, 1.82) is 0 Å². The molecular weight excluding hydrogens is 268 g/mol. The highest BCUT2D eigenvalue weighted by molar-refractivity contribution is 5.44. The zero-order valence-corrected chi connectivity index (χ0v) is 12.4. The van der Waals surface area contributed by atoms with Crippen LogP contribution in [0.4, 0.5) is 17.8 Å². The van der Waals surface area contributed by atoms with Crippen LogP contribution in [-0.2, 0) is 0 Å². The van der Waals surface area contributed by atoms with Crippen LogP contribution in [0.25, 0.3) is 0 Å². The average molecular weight is 288 g/mol. The monoisotopic (exact) mass is 288 g/mol. The third-order valence-corrected chi connectivity index (χ3v) is 2.94. The second-order valence-electron chi connectivity index (χ2n) is 4.72. The van der Waals surface area contributed by atoms with Gasteiger partial charge in [-0.15, -0.1) is 0 Å². The van der Waals surface area contributed by atoms with Gasteiger partial charge in [-0.2, -0.15) is 15.0 Å². The van der Waals surface area contributed by atoms with Crippen LogP contribution in [-0.4, -0.2) is 47.8 Å². The van der Waals surface area contributed by atoms with E-state index in [9.17, 15) is 5.11 Å². The van der Waals surface area contributed by atoms with E-state index in [2.05, 4.69) is 25.6 Å². The summed E-state index contributed by atoms with van der Waals surface area (Å²) in [6.45, 7) is -0.0537. The molecule has 2 aromatic rings. The number of nitrogens with one attached hydrogen (secondary N) is 2. The van der Waals surface area contributed by atoms with E-state index in [1.807, 2.05) is 44.4 Å². The second-order valence-corrected chi connectivity index (χ2v) is 4.72. The summed E-state index contributed by atoms with van der Waals surface area (Å²) in [5.41, 5.74) is 0.970. The van der Waals surface area contributed by atoms with E-state index < -0.39 is 0 Å². The van der Waals surface area contributed by atoms with Gasteiger partial charge in [0.2, 0.25) is 17.8 Å². The van der Waals surface area contributed by atoms with Crippen LogP contribution >= 0.6 is 0 Å². The van der Waals surface area contributed by atoms with E-state index in [4.69, 9.17) is 0 Å². The number of aromatic nitrogens is 3. The first-order valence-corrected chi connectivity index (χ1v) is 6.67.